The van der Waals surface area contributed by atoms with Gasteiger partial charge in [-0.2, -0.15) is 0 Å². The van der Waals surface area contributed by atoms with E-state index in [9.17, 15) is 9.59 Å². The minimum absolute atomic E-state index is 0.113. The highest BCUT2D eigenvalue weighted by atomic mass is 35.5. The van der Waals surface area contributed by atoms with Crippen molar-refractivity contribution in [3.63, 3.8) is 0 Å². The van der Waals surface area contributed by atoms with E-state index in [1.165, 1.54) is 12.0 Å². The van der Waals surface area contributed by atoms with Gasteiger partial charge in [-0.15, -0.1) is 0 Å². The Morgan fingerprint density at radius 3 is 2.79 bits per heavy atom. The van der Waals surface area contributed by atoms with Crippen molar-refractivity contribution in [3.05, 3.63) is 22.7 Å². The minimum atomic E-state index is -0.949. The number of aliphatic carboxylic acids is 1. The first-order valence-corrected chi connectivity index (χ1v) is 6.24. The topological polar surface area (TPSA) is 66.8 Å². The Hall–Kier alpha value is -1.75. The van der Waals surface area contributed by atoms with Crippen LogP contribution in [0.3, 0.4) is 0 Å². The molecule has 0 saturated carbocycles. The monoisotopic (exact) mass is 283 g/mol. The van der Waals surface area contributed by atoms with E-state index in [2.05, 4.69) is 0 Å². The number of methoxy groups -OCH3 is 1. The molecule has 0 fully saturated rings. The highest BCUT2D eigenvalue weighted by Crippen LogP contribution is 2.46. The number of carboxylic acids is 1. The standard InChI is InChI=1S/C13H14ClNO4/c1-7-11-8(14)3-4-9(19-2)12(11)15(13(7)18)6-5-10(16)17/h3-4,7H,5-6H2,1-2H3,(H,16,17). The van der Waals surface area contributed by atoms with Gasteiger partial charge in [0.25, 0.3) is 0 Å². The first-order chi connectivity index (χ1) is 8.97. The smallest absolute Gasteiger partial charge is 0.305 e. The lowest BCUT2D eigenvalue weighted by Gasteiger charge is -2.19. The first-order valence-electron chi connectivity index (χ1n) is 5.87. The van der Waals surface area contributed by atoms with Gasteiger partial charge in [0, 0.05) is 17.1 Å². The Morgan fingerprint density at radius 1 is 1.53 bits per heavy atom. The lowest BCUT2D eigenvalue weighted by Crippen LogP contribution is -2.30. The van der Waals surface area contributed by atoms with E-state index in [4.69, 9.17) is 21.4 Å². The molecule has 19 heavy (non-hydrogen) atoms. The van der Waals surface area contributed by atoms with Gasteiger partial charge < -0.3 is 14.7 Å². The van der Waals surface area contributed by atoms with Gasteiger partial charge in [0.05, 0.1) is 25.1 Å². The first kappa shape index (κ1) is 13.7. The van der Waals surface area contributed by atoms with Crippen molar-refractivity contribution in [1.29, 1.82) is 0 Å². The molecule has 0 radical (unpaired) electrons. The number of carbonyl (C=O) groups excluding carboxylic acids is 1. The number of halogens is 1. The summed E-state index contributed by atoms with van der Waals surface area (Å²) in [6.45, 7) is 1.87. The fourth-order valence-electron chi connectivity index (χ4n) is 2.32. The zero-order valence-electron chi connectivity index (χ0n) is 10.6. The van der Waals surface area contributed by atoms with Gasteiger partial charge in [-0.3, -0.25) is 9.59 Å². The third kappa shape index (κ3) is 2.26. The van der Waals surface area contributed by atoms with E-state index < -0.39 is 5.97 Å². The van der Waals surface area contributed by atoms with Crippen molar-refractivity contribution < 1.29 is 19.4 Å². The SMILES string of the molecule is COc1ccc(Cl)c2c1N(CCC(=O)O)C(=O)C2C. The molecule has 5 nitrogen and oxygen atoms in total. The Morgan fingerprint density at radius 2 is 2.21 bits per heavy atom. The van der Waals surface area contributed by atoms with Crippen LogP contribution in [0.25, 0.3) is 0 Å². The molecule has 0 spiro atoms. The molecule has 2 rings (SSSR count). The summed E-state index contributed by atoms with van der Waals surface area (Å²) >= 11 is 6.14. The molecule has 1 aliphatic rings. The molecule has 1 unspecified atom stereocenters. The van der Waals surface area contributed by atoms with Crippen LogP contribution < -0.4 is 9.64 Å². The molecule has 6 heteroatoms. The zero-order chi connectivity index (χ0) is 14.2. The van der Waals surface area contributed by atoms with Crippen LogP contribution >= 0.6 is 11.6 Å². The number of ether oxygens (including phenoxy) is 1. The Labute approximate surface area is 115 Å². The van der Waals surface area contributed by atoms with E-state index in [-0.39, 0.29) is 24.8 Å². The summed E-state index contributed by atoms with van der Waals surface area (Å²) in [6.07, 6.45) is -0.117. The van der Waals surface area contributed by atoms with E-state index in [1.807, 2.05) is 0 Å². The Bertz CT molecular complexity index is 544. The van der Waals surface area contributed by atoms with Crippen LogP contribution in [0, 0.1) is 0 Å². The molecule has 0 aromatic heterocycles. The number of nitrogens with zero attached hydrogens (tertiary/aromatic N) is 1. The fourth-order valence-corrected chi connectivity index (χ4v) is 2.63. The maximum atomic E-state index is 12.2. The number of hydrogen-bond acceptors (Lipinski definition) is 3. The highest BCUT2D eigenvalue weighted by molar-refractivity contribution is 6.33. The number of carbonyl (C=O) groups is 2. The molecular formula is C13H14ClNO4. The zero-order valence-corrected chi connectivity index (χ0v) is 11.4. The molecule has 1 atom stereocenters. The summed E-state index contributed by atoms with van der Waals surface area (Å²) < 4.78 is 5.25. The van der Waals surface area contributed by atoms with Crippen LogP contribution in [0.15, 0.2) is 12.1 Å². The number of benzene rings is 1. The van der Waals surface area contributed by atoms with E-state index in [0.29, 0.717) is 22.0 Å². The molecule has 1 aromatic rings. The van der Waals surface area contributed by atoms with Gasteiger partial charge in [0.2, 0.25) is 5.91 Å². The molecule has 1 N–H and O–H groups in total. The number of fused-ring (bicyclic) bond motifs is 1. The summed E-state index contributed by atoms with van der Waals surface area (Å²) in [5.41, 5.74) is 1.30. The summed E-state index contributed by atoms with van der Waals surface area (Å²) in [7, 11) is 1.51. The predicted octanol–water partition coefficient (Wildman–Crippen LogP) is 2.27. The van der Waals surface area contributed by atoms with Gasteiger partial charge in [0.1, 0.15) is 5.75 Å². The van der Waals surface area contributed by atoms with Gasteiger partial charge in [0.15, 0.2) is 0 Å². The third-order valence-electron chi connectivity index (χ3n) is 3.24. The highest BCUT2D eigenvalue weighted by Gasteiger charge is 2.38. The van der Waals surface area contributed by atoms with Gasteiger partial charge >= 0.3 is 5.97 Å². The van der Waals surface area contributed by atoms with Gasteiger partial charge in [-0.1, -0.05) is 11.6 Å². The van der Waals surface area contributed by atoms with Crippen LogP contribution in [-0.4, -0.2) is 30.6 Å². The fraction of sp³-hybridized carbons (Fsp3) is 0.385. The molecule has 0 bridgehead atoms. The second kappa shape index (κ2) is 5.09. The maximum absolute atomic E-state index is 12.2. The van der Waals surface area contributed by atoms with Gasteiger partial charge in [-0.25, -0.2) is 0 Å². The molecule has 1 amide bonds. The normalized spacial score (nSPS) is 17.5. The number of anilines is 1. The van der Waals surface area contributed by atoms with Crippen molar-refractivity contribution in [3.8, 4) is 5.75 Å². The average Bonchev–Trinajstić information content (AvgIpc) is 2.62. The van der Waals surface area contributed by atoms with Crippen LogP contribution in [0.4, 0.5) is 5.69 Å². The van der Waals surface area contributed by atoms with E-state index in [0.717, 1.165) is 0 Å². The summed E-state index contributed by atoms with van der Waals surface area (Å²) in [5, 5.41) is 9.25. The van der Waals surface area contributed by atoms with Crippen molar-refractivity contribution in [2.45, 2.75) is 19.3 Å². The largest absolute Gasteiger partial charge is 0.495 e. The van der Waals surface area contributed by atoms with Crippen molar-refractivity contribution in [1.82, 2.24) is 0 Å². The Balaban J connectivity index is 2.48. The second-order valence-corrected chi connectivity index (χ2v) is 4.77. The minimum Gasteiger partial charge on any atom is -0.495 e. The average molecular weight is 284 g/mol. The maximum Gasteiger partial charge on any atom is 0.305 e. The van der Waals surface area contributed by atoms with Crippen LogP contribution in [0.5, 0.6) is 5.75 Å². The van der Waals surface area contributed by atoms with E-state index in [1.54, 1.807) is 19.1 Å². The number of rotatable bonds is 4. The lowest BCUT2D eigenvalue weighted by atomic mass is 10.0. The number of hydrogen-bond donors (Lipinski definition) is 1. The quantitative estimate of drug-likeness (QED) is 0.920. The van der Waals surface area contributed by atoms with Crippen LogP contribution in [-0.2, 0) is 9.59 Å². The lowest BCUT2D eigenvalue weighted by molar-refractivity contribution is -0.136. The summed E-state index contributed by atoms with van der Waals surface area (Å²) in [6, 6.07) is 3.37. The van der Waals surface area contributed by atoms with Gasteiger partial charge in [-0.05, 0) is 19.1 Å². The molecule has 1 heterocycles. The van der Waals surface area contributed by atoms with Crippen molar-refractivity contribution >= 4 is 29.2 Å². The van der Waals surface area contributed by atoms with Crippen molar-refractivity contribution in [2.24, 2.45) is 0 Å². The molecule has 1 aliphatic heterocycles. The Kier molecular flexibility index (Phi) is 3.66. The number of carboxylic acid groups (broad SMARTS) is 1. The summed E-state index contributed by atoms with van der Waals surface area (Å²) in [5.74, 6) is -0.952. The second-order valence-electron chi connectivity index (χ2n) is 4.37. The number of amides is 1. The molecule has 0 saturated heterocycles. The van der Waals surface area contributed by atoms with E-state index >= 15 is 0 Å². The molecular weight excluding hydrogens is 270 g/mol. The van der Waals surface area contributed by atoms with Crippen LogP contribution in [0.1, 0.15) is 24.8 Å². The molecule has 1 aromatic carbocycles. The van der Waals surface area contributed by atoms with Crippen molar-refractivity contribution in [2.75, 3.05) is 18.6 Å². The summed E-state index contributed by atoms with van der Waals surface area (Å²) in [4.78, 5) is 24.3. The predicted molar refractivity (Wildman–Crippen MR) is 71.0 cm³/mol. The third-order valence-corrected chi connectivity index (χ3v) is 3.57. The molecule has 102 valence electrons. The van der Waals surface area contributed by atoms with Crippen LogP contribution in [0.2, 0.25) is 5.02 Å². The molecule has 0 aliphatic carbocycles.